The van der Waals surface area contributed by atoms with Crippen LogP contribution < -0.4 is 16.1 Å². The lowest BCUT2D eigenvalue weighted by molar-refractivity contribution is 0.250. The minimum absolute atomic E-state index is 0.0897. The zero-order valence-electron chi connectivity index (χ0n) is 15.3. The van der Waals surface area contributed by atoms with Crippen molar-refractivity contribution in [3.8, 4) is 6.07 Å². The van der Waals surface area contributed by atoms with Gasteiger partial charge in [-0.3, -0.25) is 10.3 Å². The fourth-order valence-corrected chi connectivity index (χ4v) is 3.22. The maximum absolute atomic E-state index is 13.0. The Hall–Kier alpha value is -3.02. The quantitative estimate of drug-likeness (QED) is 0.458. The summed E-state index contributed by atoms with van der Waals surface area (Å²) >= 11 is 4.70. The van der Waals surface area contributed by atoms with Crippen molar-refractivity contribution in [2.45, 2.75) is 6.54 Å². The summed E-state index contributed by atoms with van der Waals surface area (Å²) < 4.78 is 13.0. The molecule has 1 aliphatic heterocycles. The minimum atomic E-state index is -0.215. The zero-order chi connectivity index (χ0) is 19.9. The van der Waals surface area contributed by atoms with Crippen LogP contribution >= 0.6 is 12.2 Å². The van der Waals surface area contributed by atoms with E-state index in [1.165, 1.54) is 12.1 Å². The number of halogens is 1. The summed E-state index contributed by atoms with van der Waals surface area (Å²) in [6.07, 6.45) is 1.57. The SMILES string of the molecule is N#Cc1cc(C=NNC(N)=S)ccc1N1CCN(Cc2ccc(F)cc2)CC1. The van der Waals surface area contributed by atoms with Gasteiger partial charge in [0.05, 0.1) is 17.5 Å². The largest absolute Gasteiger partial charge is 0.375 e. The summed E-state index contributed by atoms with van der Waals surface area (Å²) in [4.78, 5) is 4.55. The average molecular weight is 396 g/mol. The van der Waals surface area contributed by atoms with E-state index in [4.69, 9.17) is 18.0 Å². The van der Waals surface area contributed by atoms with Gasteiger partial charge < -0.3 is 10.6 Å². The number of nitrogens with one attached hydrogen (secondary N) is 1. The predicted octanol–water partition coefficient (Wildman–Crippen LogP) is 2.19. The zero-order valence-corrected chi connectivity index (χ0v) is 16.1. The van der Waals surface area contributed by atoms with E-state index in [0.717, 1.165) is 49.5 Å². The number of rotatable bonds is 5. The normalized spacial score (nSPS) is 14.8. The van der Waals surface area contributed by atoms with E-state index < -0.39 is 0 Å². The van der Waals surface area contributed by atoms with Gasteiger partial charge in [0.1, 0.15) is 11.9 Å². The highest BCUT2D eigenvalue weighted by Crippen LogP contribution is 2.23. The Morgan fingerprint density at radius 3 is 2.57 bits per heavy atom. The Bertz CT molecular complexity index is 898. The lowest BCUT2D eigenvalue weighted by Gasteiger charge is -2.36. The van der Waals surface area contributed by atoms with E-state index in [0.29, 0.717) is 5.56 Å². The molecule has 0 aromatic heterocycles. The molecule has 0 bridgehead atoms. The second-order valence-electron chi connectivity index (χ2n) is 6.51. The van der Waals surface area contributed by atoms with Crippen molar-refractivity contribution in [3.63, 3.8) is 0 Å². The molecule has 2 aromatic carbocycles. The highest BCUT2D eigenvalue weighted by Gasteiger charge is 2.19. The first-order chi connectivity index (χ1) is 13.5. The molecule has 2 aromatic rings. The third-order valence-corrected chi connectivity index (χ3v) is 4.65. The molecule has 0 amide bonds. The predicted molar refractivity (Wildman–Crippen MR) is 113 cm³/mol. The molecule has 1 aliphatic rings. The summed E-state index contributed by atoms with van der Waals surface area (Å²) in [6, 6.07) is 14.5. The van der Waals surface area contributed by atoms with Gasteiger partial charge in [-0.1, -0.05) is 18.2 Å². The molecule has 1 saturated heterocycles. The van der Waals surface area contributed by atoms with Crippen LogP contribution in [0.5, 0.6) is 0 Å². The Balaban J connectivity index is 1.61. The van der Waals surface area contributed by atoms with Crippen molar-refractivity contribution in [2.24, 2.45) is 10.8 Å². The lowest BCUT2D eigenvalue weighted by Crippen LogP contribution is -2.46. The lowest BCUT2D eigenvalue weighted by atomic mass is 10.1. The average Bonchev–Trinajstić information content (AvgIpc) is 2.70. The second kappa shape index (κ2) is 9.26. The molecule has 0 atom stereocenters. The fraction of sp³-hybridized carbons (Fsp3) is 0.250. The molecule has 8 heteroatoms. The van der Waals surface area contributed by atoms with E-state index >= 15 is 0 Å². The Kier molecular flexibility index (Phi) is 6.53. The first-order valence-electron chi connectivity index (χ1n) is 8.89. The third kappa shape index (κ3) is 5.25. The van der Waals surface area contributed by atoms with E-state index in [1.54, 1.807) is 12.3 Å². The van der Waals surface area contributed by atoms with Crippen molar-refractivity contribution in [2.75, 3.05) is 31.1 Å². The number of piperazine rings is 1. The van der Waals surface area contributed by atoms with Gasteiger partial charge in [-0.15, -0.1) is 0 Å². The van der Waals surface area contributed by atoms with Gasteiger partial charge in [-0.05, 0) is 47.6 Å². The number of thiocarbonyl (C=S) groups is 1. The molecule has 1 heterocycles. The molecule has 3 rings (SSSR count). The maximum atomic E-state index is 13.0. The highest BCUT2D eigenvalue weighted by molar-refractivity contribution is 7.80. The van der Waals surface area contributed by atoms with Crippen LogP contribution in [0.1, 0.15) is 16.7 Å². The van der Waals surface area contributed by atoms with Gasteiger partial charge in [-0.25, -0.2) is 4.39 Å². The smallest absolute Gasteiger partial charge is 0.184 e. The molecule has 28 heavy (non-hydrogen) atoms. The number of nitrogens with two attached hydrogens (primary N) is 1. The summed E-state index contributed by atoms with van der Waals surface area (Å²) in [6.45, 7) is 4.20. The molecule has 0 saturated carbocycles. The van der Waals surface area contributed by atoms with Gasteiger partial charge in [-0.2, -0.15) is 10.4 Å². The molecule has 0 unspecified atom stereocenters. The minimum Gasteiger partial charge on any atom is -0.375 e. The molecule has 1 fully saturated rings. The van der Waals surface area contributed by atoms with Crippen LogP contribution in [0.4, 0.5) is 10.1 Å². The van der Waals surface area contributed by atoms with E-state index in [2.05, 4.69) is 26.4 Å². The Labute approximate surface area is 169 Å². The van der Waals surface area contributed by atoms with E-state index in [1.807, 2.05) is 24.3 Å². The molecular weight excluding hydrogens is 375 g/mol. The summed E-state index contributed by atoms with van der Waals surface area (Å²) in [5.74, 6) is -0.215. The number of anilines is 1. The molecule has 0 aliphatic carbocycles. The topological polar surface area (TPSA) is 80.7 Å². The van der Waals surface area contributed by atoms with Crippen molar-refractivity contribution in [1.29, 1.82) is 5.26 Å². The summed E-state index contributed by atoms with van der Waals surface area (Å²) in [5, 5.41) is 13.5. The van der Waals surface area contributed by atoms with E-state index in [9.17, 15) is 9.65 Å². The van der Waals surface area contributed by atoms with E-state index in [-0.39, 0.29) is 10.9 Å². The molecule has 3 N–H and O–H groups in total. The van der Waals surface area contributed by atoms with Crippen molar-refractivity contribution < 1.29 is 4.39 Å². The molecule has 0 spiro atoms. The van der Waals surface area contributed by atoms with Crippen LogP contribution in [-0.4, -0.2) is 42.4 Å². The van der Waals surface area contributed by atoms with Crippen LogP contribution in [0.2, 0.25) is 0 Å². The first-order valence-corrected chi connectivity index (χ1v) is 9.30. The summed E-state index contributed by atoms with van der Waals surface area (Å²) in [5.41, 5.74) is 11.2. The number of benzene rings is 2. The third-order valence-electron chi connectivity index (χ3n) is 4.56. The van der Waals surface area contributed by atoms with Crippen LogP contribution in [0.25, 0.3) is 0 Å². The van der Waals surface area contributed by atoms with Crippen molar-refractivity contribution >= 4 is 29.2 Å². The van der Waals surface area contributed by atoms with Crippen LogP contribution in [-0.2, 0) is 6.54 Å². The highest BCUT2D eigenvalue weighted by atomic mass is 32.1. The standard InChI is InChI=1S/C20H21FN6S/c21-18-4-1-15(2-5-18)14-26-7-9-27(10-8-26)19-6-3-16(11-17(19)12-22)13-24-25-20(23)28/h1-6,11,13H,7-10,14H2,(H3,23,25,28). The molecule has 0 radical (unpaired) electrons. The number of hydrazone groups is 1. The fourth-order valence-electron chi connectivity index (χ4n) is 3.16. The molecule has 144 valence electrons. The monoisotopic (exact) mass is 396 g/mol. The first kappa shape index (κ1) is 19.7. The number of hydrogen-bond donors (Lipinski definition) is 2. The van der Waals surface area contributed by atoms with Gasteiger partial charge >= 0.3 is 0 Å². The second-order valence-corrected chi connectivity index (χ2v) is 6.95. The number of nitrogens with zero attached hydrogens (tertiary/aromatic N) is 4. The maximum Gasteiger partial charge on any atom is 0.184 e. The van der Waals surface area contributed by atoms with Crippen LogP contribution in [0.15, 0.2) is 47.6 Å². The van der Waals surface area contributed by atoms with Crippen LogP contribution in [0, 0.1) is 17.1 Å². The van der Waals surface area contributed by atoms with Gasteiger partial charge in [0.15, 0.2) is 5.11 Å². The molecule has 6 nitrogen and oxygen atoms in total. The molecular formula is C20H21FN6S. The summed E-state index contributed by atoms with van der Waals surface area (Å²) in [7, 11) is 0. The number of nitriles is 1. The van der Waals surface area contributed by atoms with Crippen LogP contribution in [0.3, 0.4) is 0 Å². The van der Waals surface area contributed by atoms with Gasteiger partial charge in [0.25, 0.3) is 0 Å². The Morgan fingerprint density at radius 1 is 1.21 bits per heavy atom. The van der Waals surface area contributed by atoms with Crippen molar-refractivity contribution in [3.05, 3.63) is 65.0 Å². The van der Waals surface area contributed by atoms with Gasteiger partial charge in [0.2, 0.25) is 0 Å². The Morgan fingerprint density at radius 2 is 1.93 bits per heavy atom. The van der Waals surface area contributed by atoms with Gasteiger partial charge in [0, 0.05) is 32.7 Å². The number of hydrogen-bond acceptors (Lipinski definition) is 5. The van der Waals surface area contributed by atoms with Crippen molar-refractivity contribution in [1.82, 2.24) is 10.3 Å².